The minimum atomic E-state index is -1.12. The lowest BCUT2D eigenvalue weighted by Crippen LogP contribution is -2.49. The largest absolute Gasteiger partial charge is 0.388 e. The van der Waals surface area contributed by atoms with Crippen molar-refractivity contribution in [2.75, 3.05) is 31.1 Å². The van der Waals surface area contributed by atoms with Crippen molar-refractivity contribution < 1.29 is 15.0 Å². The smallest absolute Gasteiger partial charge is 0.264 e. The number of β-amino-alcohol motifs (C(OH)–C–C–N with tert-alkyl or cyclic N) is 1. The highest BCUT2D eigenvalue weighted by atomic mass is 16.3. The third-order valence-corrected chi connectivity index (χ3v) is 8.42. The molecule has 0 saturated carbocycles. The molecule has 2 saturated heterocycles. The molecule has 1 unspecified atom stereocenters. The maximum Gasteiger partial charge on any atom is 0.264 e. The van der Waals surface area contributed by atoms with E-state index in [1.54, 1.807) is 20.5 Å². The molecule has 0 aliphatic carbocycles. The minimum Gasteiger partial charge on any atom is -0.388 e. The van der Waals surface area contributed by atoms with Crippen LogP contribution in [0.25, 0.3) is 16.7 Å². The van der Waals surface area contributed by atoms with E-state index in [4.69, 9.17) is 0 Å². The number of piperidine rings is 1. The number of likely N-dealkylation sites (tertiary alicyclic amines) is 1. The van der Waals surface area contributed by atoms with Gasteiger partial charge in [-0.15, -0.1) is 0 Å². The van der Waals surface area contributed by atoms with Gasteiger partial charge in [-0.2, -0.15) is 10.2 Å². The van der Waals surface area contributed by atoms with E-state index in [1.807, 2.05) is 50.4 Å². The molecule has 2 atom stereocenters. The number of aliphatic hydroxyl groups is 2. The number of aromatic nitrogens is 6. The Bertz CT molecular complexity index is 1580. The van der Waals surface area contributed by atoms with Crippen molar-refractivity contribution in [3.63, 3.8) is 0 Å². The predicted octanol–water partition coefficient (Wildman–Crippen LogP) is 1.74. The van der Waals surface area contributed by atoms with Gasteiger partial charge in [-0.05, 0) is 63.4 Å². The number of rotatable bonds is 7. The Morgan fingerprint density at radius 1 is 1.05 bits per heavy atom. The van der Waals surface area contributed by atoms with Crippen LogP contribution in [0.5, 0.6) is 0 Å². The predicted molar refractivity (Wildman–Crippen MR) is 153 cm³/mol. The summed E-state index contributed by atoms with van der Waals surface area (Å²) in [5, 5.41) is 30.6. The summed E-state index contributed by atoms with van der Waals surface area (Å²) >= 11 is 0. The standard InChI is InChI=1S/C29H36N8O4/c1-21(36-12-3-11-31-36)16-25(38)33-14-9-29(41,10-15-33)19-35-20-30-26-24(27(35)39)17-32-37(26)23-6-4-22(5-7-23)34-13-8-28(2,40)18-34/h3-7,11-12,17,20-21,40-41H,8-10,13-16,18-19H2,1-2H3/t21?,28-/m1/s1. The lowest BCUT2D eigenvalue weighted by molar-refractivity contribution is -0.136. The lowest BCUT2D eigenvalue weighted by atomic mass is 9.91. The summed E-state index contributed by atoms with van der Waals surface area (Å²) in [6.45, 7) is 6.14. The summed E-state index contributed by atoms with van der Waals surface area (Å²) in [4.78, 5) is 34.6. The van der Waals surface area contributed by atoms with Gasteiger partial charge in [-0.3, -0.25) is 18.8 Å². The number of carbonyl (C=O) groups excluding carboxylic acids is 1. The zero-order valence-corrected chi connectivity index (χ0v) is 23.4. The second-order valence-electron chi connectivity index (χ2n) is 11.8. The van der Waals surface area contributed by atoms with E-state index in [2.05, 4.69) is 20.1 Å². The van der Waals surface area contributed by atoms with Gasteiger partial charge >= 0.3 is 0 Å². The molecule has 41 heavy (non-hydrogen) atoms. The first-order valence-electron chi connectivity index (χ1n) is 14.1. The fourth-order valence-corrected chi connectivity index (χ4v) is 5.88. The molecule has 2 aliphatic rings. The fourth-order valence-electron chi connectivity index (χ4n) is 5.88. The van der Waals surface area contributed by atoms with Gasteiger partial charge in [0.05, 0.1) is 35.7 Å². The molecule has 12 heteroatoms. The van der Waals surface area contributed by atoms with Gasteiger partial charge in [-0.25, -0.2) is 9.67 Å². The molecule has 1 aromatic carbocycles. The summed E-state index contributed by atoms with van der Waals surface area (Å²) in [6, 6.07) is 9.61. The van der Waals surface area contributed by atoms with Crippen LogP contribution in [0.3, 0.4) is 0 Å². The third-order valence-electron chi connectivity index (χ3n) is 8.42. The summed E-state index contributed by atoms with van der Waals surface area (Å²) in [6.07, 6.45) is 8.33. The number of hydrogen-bond acceptors (Lipinski definition) is 8. The Morgan fingerprint density at radius 3 is 2.44 bits per heavy atom. The summed E-state index contributed by atoms with van der Waals surface area (Å²) in [5.74, 6) is 0.0306. The molecular weight excluding hydrogens is 524 g/mol. The molecule has 12 nitrogen and oxygen atoms in total. The minimum absolute atomic E-state index is 0.0306. The molecule has 6 rings (SSSR count). The quantitative estimate of drug-likeness (QED) is 0.349. The van der Waals surface area contributed by atoms with Crippen LogP contribution in [0, 0.1) is 0 Å². The Hall–Kier alpha value is -4.03. The molecule has 4 aromatic rings. The van der Waals surface area contributed by atoms with Crippen LogP contribution in [0.1, 0.15) is 45.6 Å². The molecule has 2 N–H and O–H groups in total. The number of nitrogens with zero attached hydrogens (tertiary/aromatic N) is 8. The first-order chi connectivity index (χ1) is 19.6. The highest BCUT2D eigenvalue weighted by Crippen LogP contribution is 2.28. The molecule has 2 aliphatic heterocycles. The zero-order chi connectivity index (χ0) is 28.8. The van der Waals surface area contributed by atoms with E-state index in [-0.39, 0.29) is 24.1 Å². The maximum absolute atomic E-state index is 13.3. The first kappa shape index (κ1) is 27.2. The molecule has 5 heterocycles. The van der Waals surface area contributed by atoms with Crippen molar-refractivity contribution in [2.24, 2.45) is 0 Å². The van der Waals surface area contributed by atoms with E-state index >= 15 is 0 Å². The number of fused-ring (bicyclic) bond motifs is 1. The Morgan fingerprint density at radius 2 is 1.78 bits per heavy atom. The highest BCUT2D eigenvalue weighted by Gasteiger charge is 2.35. The van der Waals surface area contributed by atoms with Crippen molar-refractivity contribution in [1.29, 1.82) is 0 Å². The fraction of sp³-hybridized carbons (Fsp3) is 0.483. The highest BCUT2D eigenvalue weighted by molar-refractivity contribution is 5.77. The number of benzene rings is 1. The van der Waals surface area contributed by atoms with Crippen molar-refractivity contribution in [3.05, 3.63) is 65.6 Å². The number of amides is 1. The van der Waals surface area contributed by atoms with Crippen LogP contribution >= 0.6 is 0 Å². The van der Waals surface area contributed by atoms with Crippen molar-refractivity contribution in [1.82, 2.24) is 34.0 Å². The van der Waals surface area contributed by atoms with Gasteiger partial charge < -0.3 is 20.0 Å². The van der Waals surface area contributed by atoms with Gasteiger partial charge in [0, 0.05) is 50.7 Å². The molecule has 1 amide bonds. The van der Waals surface area contributed by atoms with Crippen LogP contribution in [-0.4, -0.2) is 87.5 Å². The number of anilines is 1. The van der Waals surface area contributed by atoms with Crippen LogP contribution in [0.4, 0.5) is 5.69 Å². The van der Waals surface area contributed by atoms with E-state index < -0.39 is 11.2 Å². The van der Waals surface area contributed by atoms with Crippen molar-refractivity contribution in [3.8, 4) is 5.69 Å². The summed E-state index contributed by atoms with van der Waals surface area (Å²) < 4.78 is 4.84. The van der Waals surface area contributed by atoms with Crippen LogP contribution in [0.2, 0.25) is 0 Å². The molecule has 0 spiro atoms. The monoisotopic (exact) mass is 560 g/mol. The summed E-state index contributed by atoms with van der Waals surface area (Å²) in [5.41, 5.74) is 0.181. The molecule has 216 valence electrons. The Labute approximate surface area is 237 Å². The third kappa shape index (κ3) is 5.49. The molecule has 3 aromatic heterocycles. The molecule has 0 bridgehead atoms. The number of hydrogen-bond donors (Lipinski definition) is 2. The maximum atomic E-state index is 13.3. The zero-order valence-electron chi connectivity index (χ0n) is 23.4. The second kappa shape index (κ2) is 10.4. The van der Waals surface area contributed by atoms with Crippen molar-refractivity contribution in [2.45, 2.75) is 63.3 Å². The van der Waals surface area contributed by atoms with Gasteiger partial charge in [0.1, 0.15) is 11.7 Å². The van der Waals surface area contributed by atoms with Gasteiger partial charge in [-0.1, -0.05) is 0 Å². The Kier molecular flexibility index (Phi) is 6.90. The molecular formula is C29H36N8O4. The topological polar surface area (TPSA) is 135 Å². The van der Waals surface area contributed by atoms with Gasteiger partial charge in [0.2, 0.25) is 5.91 Å². The van der Waals surface area contributed by atoms with E-state index in [0.29, 0.717) is 49.9 Å². The van der Waals surface area contributed by atoms with E-state index in [9.17, 15) is 19.8 Å². The van der Waals surface area contributed by atoms with Crippen LogP contribution in [0.15, 0.2) is 60.0 Å². The molecule has 2 fully saturated rings. The van der Waals surface area contributed by atoms with Crippen LogP contribution in [-0.2, 0) is 11.3 Å². The SMILES string of the molecule is CC(CC(=O)N1CCC(O)(Cn2cnc3c(cnn3-c3ccc(N4CC[C@@](C)(O)C4)cc3)c2=O)CC1)n1cccn1. The van der Waals surface area contributed by atoms with Crippen LogP contribution < -0.4 is 10.5 Å². The Balaban J connectivity index is 1.11. The molecule has 0 radical (unpaired) electrons. The normalized spacial score (nSPS) is 21.5. The number of carbonyl (C=O) groups is 1. The van der Waals surface area contributed by atoms with Crippen molar-refractivity contribution >= 4 is 22.6 Å². The first-order valence-corrected chi connectivity index (χ1v) is 14.1. The van der Waals surface area contributed by atoms with E-state index in [0.717, 1.165) is 24.3 Å². The summed E-state index contributed by atoms with van der Waals surface area (Å²) in [7, 11) is 0. The second-order valence-corrected chi connectivity index (χ2v) is 11.8. The average Bonchev–Trinajstić information content (AvgIpc) is 3.71. The lowest BCUT2D eigenvalue weighted by Gasteiger charge is -2.38. The van der Waals surface area contributed by atoms with E-state index in [1.165, 1.54) is 17.1 Å². The van der Waals surface area contributed by atoms with Gasteiger partial charge in [0.25, 0.3) is 5.56 Å². The average molecular weight is 561 g/mol. The van der Waals surface area contributed by atoms with Gasteiger partial charge in [0.15, 0.2) is 5.65 Å².